The molecule has 1 aliphatic rings. The average molecular weight is 201 g/mol. The molecule has 1 saturated heterocycles. The van der Waals surface area contributed by atoms with Crippen molar-refractivity contribution in [2.45, 2.75) is 12.5 Å². The predicted octanol–water partition coefficient (Wildman–Crippen LogP) is 1.30. The topological polar surface area (TPSA) is 47.5 Å². The van der Waals surface area contributed by atoms with Gasteiger partial charge in [-0.15, -0.1) is 0 Å². The molecule has 1 aromatic rings. The molecule has 13 heavy (non-hydrogen) atoms. The van der Waals surface area contributed by atoms with E-state index in [9.17, 15) is 0 Å². The Labute approximate surface area is 80.9 Å². The van der Waals surface area contributed by atoms with Crippen LogP contribution in [0, 0.1) is 0 Å². The van der Waals surface area contributed by atoms with E-state index in [0.717, 1.165) is 6.61 Å². The maximum atomic E-state index is 5.51. The van der Waals surface area contributed by atoms with Crippen molar-refractivity contribution in [1.29, 1.82) is 0 Å². The van der Waals surface area contributed by atoms with Gasteiger partial charge in [0.1, 0.15) is 12.2 Å². The molecule has 0 spiro atoms. The summed E-state index contributed by atoms with van der Waals surface area (Å²) in [6.45, 7) is 3.27. The smallest absolute Gasteiger partial charge is 0.222 e. The van der Waals surface area contributed by atoms with E-state index in [2.05, 4.69) is 9.97 Å². The van der Waals surface area contributed by atoms with Crippen molar-refractivity contribution in [2.24, 2.45) is 0 Å². The van der Waals surface area contributed by atoms with Crippen molar-refractivity contribution in [1.82, 2.24) is 9.97 Å². The Balaban J connectivity index is 1.91. The normalized spacial score (nSPS) is 25.7. The first-order valence-electron chi connectivity index (χ1n) is 3.92. The molecule has 1 atom stereocenters. The van der Waals surface area contributed by atoms with Gasteiger partial charge in [-0.25, -0.2) is 9.97 Å². The van der Waals surface area contributed by atoms with Crippen molar-refractivity contribution >= 4 is 11.6 Å². The van der Waals surface area contributed by atoms with Crippen LogP contribution in [0.25, 0.3) is 0 Å². The summed E-state index contributed by atoms with van der Waals surface area (Å²) in [7, 11) is 0. The zero-order valence-electron chi connectivity index (χ0n) is 7.16. The molecule has 1 fully saturated rings. The van der Waals surface area contributed by atoms with Crippen LogP contribution in [0.15, 0.2) is 12.4 Å². The lowest BCUT2D eigenvalue weighted by molar-refractivity contribution is 0.201. The van der Waals surface area contributed by atoms with Gasteiger partial charge in [-0.2, -0.15) is 0 Å². The third kappa shape index (κ3) is 2.29. The van der Waals surface area contributed by atoms with E-state index in [0.29, 0.717) is 12.4 Å². The molecule has 1 aliphatic heterocycles. The molecule has 5 heteroatoms. The van der Waals surface area contributed by atoms with Gasteiger partial charge in [0.05, 0.1) is 19.0 Å². The maximum Gasteiger partial charge on any atom is 0.222 e. The Hall–Kier alpha value is -0.870. The standard InChI is InChI=1S/C8H9ClN2O2/c1-8(5-13-8)4-12-6-2-10-7(9)11-3-6/h2-3H,4-5H2,1H3/t8-/m0/s1. The molecule has 0 aliphatic carbocycles. The molecule has 4 nitrogen and oxygen atoms in total. The molecule has 2 heterocycles. The van der Waals surface area contributed by atoms with Crippen LogP contribution in [0.1, 0.15) is 6.92 Å². The first-order chi connectivity index (χ1) is 6.18. The van der Waals surface area contributed by atoms with Crippen molar-refractivity contribution < 1.29 is 9.47 Å². The molecule has 1 aromatic heterocycles. The fraction of sp³-hybridized carbons (Fsp3) is 0.500. The maximum absolute atomic E-state index is 5.51. The van der Waals surface area contributed by atoms with Gasteiger partial charge in [0.25, 0.3) is 0 Å². The lowest BCUT2D eigenvalue weighted by atomic mass is 10.2. The van der Waals surface area contributed by atoms with E-state index in [1.807, 2.05) is 6.92 Å². The third-order valence-electron chi connectivity index (χ3n) is 1.78. The predicted molar refractivity (Wildman–Crippen MR) is 46.9 cm³/mol. The van der Waals surface area contributed by atoms with Crippen LogP contribution in [0.3, 0.4) is 0 Å². The van der Waals surface area contributed by atoms with Crippen molar-refractivity contribution in [3.05, 3.63) is 17.7 Å². The van der Waals surface area contributed by atoms with Gasteiger partial charge in [0, 0.05) is 0 Å². The fourth-order valence-corrected chi connectivity index (χ4v) is 0.915. The molecule has 0 bridgehead atoms. The van der Waals surface area contributed by atoms with Gasteiger partial charge in [-0.3, -0.25) is 0 Å². The van der Waals surface area contributed by atoms with Crippen LogP contribution in [-0.2, 0) is 4.74 Å². The molecule has 2 rings (SSSR count). The summed E-state index contributed by atoms with van der Waals surface area (Å²) >= 11 is 5.51. The summed E-state index contributed by atoms with van der Waals surface area (Å²) in [5.74, 6) is 0.612. The molecule has 0 N–H and O–H groups in total. The minimum atomic E-state index is -0.111. The quantitative estimate of drug-likeness (QED) is 0.545. The van der Waals surface area contributed by atoms with Gasteiger partial charge >= 0.3 is 0 Å². The summed E-state index contributed by atoms with van der Waals surface area (Å²) in [6.07, 6.45) is 3.09. The Bertz CT molecular complexity index is 298. The van der Waals surface area contributed by atoms with Crippen LogP contribution in [0.2, 0.25) is 5.28 Å². The Morgan fingerprint density at radius 2 is 2.23 bits per heavy atom. The second-order valence-corrected chi connectivity index (χ2v) is 3.55. The summed E-state index contributed by atoms with van der Waals surface area (Å²) in [4.78, 5) is 7.58. The van der Waals surface area contributed by atoms with E-state index in [1.165, 1.54) is 0 Å². The molecule has 0 radical (unpaired) electrons. The summed E-state index contributed by atoms with van der Waals surface area (Å²) < 4.78 is 10.5. The summed E-state index contributed by atoms with van der Waals surface area (Å²) in [5, 5.41) is 0.223. The second-order valence-electron chi connectivity index (χ2n) is 3.22. The number of halogens is 1. The van der Waals surface area contributed by atoms with Crippen LogP contribution >= 0.6 is 11.6 Å². The lowest BCUT2D eigenvalue weighted by Crippen LogP contribution is -2.17. The minimum absolute atomic E-state index is 0.111. The van der Waals surface area contributed by atoms with Crippen LogP contribution < -0.4 is 4.74 Å². The van der Waals surface area contributed by atoms with Crippen molar-refractivity contribution in [3.63, 3.8) is 0 Å². The second kappa shape index (κ2) is 3.12. The van der Waals surface area contributed by atoms with Crippen LogP contribution in [0.4, 0.5) is 0 Å². The van der Waals surface area contributed by atoms with E-state index < -0.39 is 0 Å². The zero-order chi connectivity index (χ0) is 9.31. The lowest BCUT2D eigenvalue weighted by Gasteiger charge is -2.07. The highest BCUT2D eigenvalue weighted by molar-refractivity contribution is 6.28. The molecular weight excluding hydrogens is 192 g/mol. The Morgan fingerprint density at radius 1 is 1.62 bits per heavy atom. The average Bonchev–Trinajstić information content (AvgIpc) is 2.84. The Kier molecular flexibility index (Phi) is 2.09. The SMILES string of the molecule is C[C@]1(COc2cnc(Cl)nc2)CO1. The number of ether oxygens (including phenoxy) is 2. The highest BCUT2D eigenvalue weighted by Crippen LogP contribution is 2.26. The van der Waals surface area contributed by atoms with Crippen molar-refractivity contribution in [3.8, 4) is 5.75 Å². The number of aromatic nitrogens is 2. The first kappa shape index (κ1) is 8.72. The largest absolute Gasteiger partial charge is 0.487 e. The van der Waals surface area contributed by atoms with E-state index >= 15 is 0 Å². The van der Waals surface area contributed by atoms with Gasteiger partial charge < -0.3 is 9.47 Å². The highest BCUT2D eigenvalue weighted by Gasteiger charge is 2.40. The molecular formula is C8H9ClN2O2. The highest BCUT2D eigenvalue weighted by atomic mass is 35.5. The van der Waals surface area contributed by atoms with E-state index in [-0.39, 0.29) is 10.9 Å². The third-order valence-corrected chi connectivity index (χ3v) is 1.97. The van der Waals surface area contributed by atoms with E-state index in [4.69, 9.17) is 21.1 Å². The monoisotopic (exact) mass is 200 g/mol. The zero-order valence-corrected chi connectivity index (χ0v) is 7.91. The molecule has 0 amide bonds. The van der Waals surface area contributed by atoms with Crippen molar-refractivity contribution in [2.75, 3.05) is 13.2 Å². The number of epoxide rings is 1. The first-order valence-corrected chi connectivity index (χ1v) is 4.30. The fourth-order valence-electron chi connectivity index (χ4n) is 0.818. The number of hydrogen-bond donors (Lipinski definition) is 0. The molecule has 0 saturated carbocycles. The number of hydrogen-bond acceptors (Lipinski definition) is 4. The summed E-state index contributed by atoms with van der Waals surface area (Å²) in [5.41, 5.74) is -0.111. The van der Waals surface area contributed by atoms with E-state index in [1.54, 1.807) is 12.4 Å². The molecule has 70 valence electrons. The number of rotatable bonds is 3. The van der Waals surface area contributed by atoms with Gasteiger partial charge in [0.15, 0.2) is 5.75 Å². The molecule has 0 aromatic carbocycles. The molecule has 0 unspecified atom stereocenters. The summed E-state index contributed by atoms with van der Waals surface area (Å²) in [6, 6.07) is 0. The van der Waals surface area contributed by atoms with Gasteiger partial charge in [-0.05, 0) is 18.5 Å². The minimum Gasteiger partial charge on any atom is -0.487 e. The van der Waals surface area contributed by atoms with Crippen LogP contribution in [0.5, 0.6) is 5.75 Å². The number of nitrogens with zero attached hydrogens (tertiary/aromatic N) is 2. The van der Waals surface area contributed by atoms with Crippen LogP contribution in [-0.4, -0.2) is 28.8 Å². The Morgan fingerprint density at radius 3 is 2.77 bits per heavy atom. The van der Waals surface area contributed by atoms with Gasteiger partial charge in [-0.1, -0.05) is 0 Å². The van der Waals surface area contributed by atoms with Gasteiger partial charge in [0.2, 0.25) is 5.28 Å².